The lowest BCUT2D eigenvalue weighted by atomic mass is 10.0. The second kappa shape index (κ2) is 9.13. The Balaban J connectivity index is 1.41. The van der Waals surface area contributed by atoms with E-state index >= 15 is 0 Å². The van der Waals surface area contributed by atoms with E-state index in [1.807, 2.05) is 4.90 Å². The van der Waals surface area contributed by atoms with Gasteiger partial charge in [-0.15, -0.1) is 10.2 Å². The Morgan fingerprint density at radius 2 is 1.90 bits per heavy atom. The standard InChI is InChI=1S/C22H22F2N4O2/c23-16-10-8-15(9-11-16)13-25-20(29)14-28-12-4-3-7-19(28)22-27-26-21(30-22)17-5-1-2-6-18(17)24/h1-2,5-6,8-11,19H,3-4,7,12-14H2,(H,25,29)/t19-/m1/s1. The largest absolute Gasteiger partial charge is 0.419 e. The molecule has 0 spiro atoms. The number of nitrogens with one attached hydrogen (secondary N) is 1. The van der Waals surface area contributed by atoms with E-state index < -0.39 is 5.82 Å². The third kappa shape index (κ3) is 4.71. The minimum absolute atomic E-state index is 0.134. The molecule has 0 bridgehead atoms. The molecule has 6 nitrogen and oxygen atoms in total. The van der Waals surface area contributed by atoms with Crippen molar-refractivity contribution in [2.75, 3.05) is 13.1 Å². The Bertz CT molecular complexity index is 1010. The molecule has 0 radical (unpaired) electrons. The monoisotopic (exact) mass is 412 g/mol. The molecule has 2 heterocycles. The Morgan fingerprint density at radius 3 is 2.70 bits per heavy atom. The second-order valence-corrected chi connectivity index (χ2v) is 7.31. The molecule has 1 amide bonds. The number of hydrogen-bond acceptors (Lipinski definition) is 5. The molecule has 8 heteroatoms. The summed E-state index contributed by atoms with van der Waals surface area (Å²) in [6.07, 6.45) is 2.73. The number of rotatable bonds is 6. The lowest BCUT2D eigenvalue weighted by molar-refractivity contribution is -0.123. The third-order valence-electron chi connectivity index (χ3n) is 5.19. The van der Waals surface area contributed by atoms with Crippen LogP contribution < -0.4 is 5.32 Å². The molecule has 1 saturated heterocycles. The van der Waals surface area contributed by atoms with Crippen molar-refractivity contribution in [1.82, 2.24) is 20.4 Å². The molecule has 0 saturated carbocycles. The van der Waals surface area contributed by atoms with Gasteiger partial charge in [-0.1, -0.05) is 30.7 Å². The highest BCUT2D eigenvalue weighted by atomic mass is 19.1. The molecule has 3 aromatic rings. The summed E-state index contributed by atoms with van der Waals surface area (Å²) in [5.74, 6) is -0.349. The number of hydrogen-bond donors (Lipinski definition) is 1. The van der Waals surface area contributed by atoms with Gasteiger partial charge in [-0.25, -0.2) is 8.78 Å². The van der Waals surface area contributed by atoms with E-state index in [0.29, 0.717) is 12.4 Å². The first-order valence-corrected chi connectivity index (χ1v) is 9.93. The van der Waals surface area contributed by atoms with Crippen LogP contribution in [0.3, 0.4) is 0 Å². The quantitative estimate of drug-likeness (QED) is 0.666. The van der Waals surface area contributed by atoms with Crippen LogP contribution in [0.25, 0.3) is 11.5 Å². The number of aromatic nitrogens is 2. The molecule has 1 fully saturated rings. The van der Waals surface area contributed by atoms with Crippen LogP contribution >= 0.6 is 0 Å². The SMILES string of the molecule is O=C(CN1CCCC[C@@H]1c1nnc(-c2ccccc2F)o1)NCc1ccc(F)cc1. The van der Waals surface area contributed by atoms with Gasteiger partial charge in [-0.05, 0) is 49.2 Å². The predicted molar refractivity (Wildman–Crippen MR) is 106 cm³/mol. The van der Waals surface area contributed by atoms with Gasteiger partial charge in [0.25, 0.3) is 5.89 Å². The summed E-state index contributed by atoms with van der Waals surface area (Å²) in [6.45, 7) is 1.24. The molecule has 0 unspecified atom stereocenters. The van der Waals surface area contributed by atoms with Gasteiger partial charge in [-0.3, -0.25) is 9.69 Å². The number of amides is 1. The van der Waals surface area contributed by atoms with Gasteiger partial charge in [0, 0.05) is 6.54 Å². The Labute approximate surface area is 172 Å². The Kier molecular flexibility index (Phi) is 6.13. The molecular formula is C22H22F2N4O2. The highest BCUT2D eigenvalue weighted by Gasteiger charge is 2.30. The topological polar surface area (TPSA) is 71.3 Å². The van der Waals surface area contributed by atoms with E-state index in [1.54, 1.807) is 30.3 Å². The lowest BCUT2D eigenvalue weighted by Crippen LogP contribution is -2.41. The number of benzene rings is 2. The predicted octanol–water partition coefficient (Wildman–Crippen LogP) is 3.86. The van der Waals surface area contributed by atoms with Crippen LogP contribution in [0, 0.1) is 11.6 Å². The van der Waals surface area contributed by atoms with Crippen LogP contribution in [0.4, 0.5) is 8.78 Å². The number of carbonyl (C=O) groups is 1. The summed E-state index contributed by atoms with van der Waals surface area (Å²) in [4.78, 5) is 14.5. The number of halogens is 2. The van der Waals surface area contributed by atoms with Crippen LogP contribution in [0.15, 0.2) is 52.9 Å². The van der Waals surface area contributed by atoms with Crippen LogP contribution in [0.1, 0.15) is 36.8 Å². The molecular weight excluding hydrogens is 390 g/mol. The summed E-state index contributed by atoms with van der Waals surface area (Å²) < 4.78 is 32.8. The smallest absolute Gasteiger partial charge is 0.250 e. The zero-order chi connectivity index (χ0) is 20.9. The molecule has 2 aromatic carbocycles. The van der Waals surface area contributed by atoms with Crippen molar-refractivity contribution >= 4 is 5.91 Å². The van der Waals surface area contributed by atoms with Gasteiger partial charge < -0.3 is 9.73 Å². The maximum atomic E-state index is 14.0. The van der Waals surface area contributed by atoms with E-state index in [1.165, 1.54) is 18.2 Å². The normalized spacial score (nSPS) is 17.1. The van der Waals surface area contributed by atoms with Crippen molar-refractivity contribution in [3.63, 3.8) is 0 Å². The lowest BCUT2D eigenvalue weighted by Gasteiger charge is -2.32. The first-order valence-electron chi connectivity index (χ1n) is 9.93. The molecule has 30 heavy (non-hydrogen) atoms. The van der Waals surface area contributed by atoms with Crippen molar-refractivity contribution in [1.29, 1.82) is 0 Å². The van der Waals surface area contributed by atoms with E-state index in [-0.39, 0.29) is 35.8 Å². The van der Waals surface area contributed by atoms with Crippen molar-refractivity contribution in [2.24, 2.45) is 0 Å². The maximum Gasteiger partial charge on any atom is 0.250 e. The minimum atomic E-state index is -0.423. The van der Waals surface area contributed by atoms with Crippen molar-refractivity contribution < 1.29 is 18.0 Å². The first kappa shape index (κ1) is 20.2. The van der Waals surface area contributed by atoms with Crippen molar-refractivity contribution in [3.05, 3.63) is 71.6 Å². The van der Waals surface area contributed by atoms with Crippen LogP contribution in [-0.2, 0) is 11.3 Å². The zero-order valence-electron chi connectivity index (χ0n) is 16.4. The number of likely N-dealkylation sites (tertiary alicyclic amines) is 1. The van der Waals surface area contributed by atoms with E-state index in [4.69, 9.17) is 4.42 Å². The molecule has 156 valence electrons. The molecule has 1 atom stereocenters. The molecule has 1 aliphatic rings. The summed E-state index contributed by atoms with van der Waals surface area (Å²) >= 11 is 0. The van der Waals surface area contributed by atoms with E-state index in [0.717, 1.165) is 31.4 Å². The molecule has 1 aromatic heterocycles. The fourth-order valence-electron chi connectivity index (χ4n) is 3.62. The number of piperidine rings is 1. The maximum absolute atomic E-state index is 14.0. The van der Waals surface area contributed by atoms with Crippen molar-refractivity contribution in [2.45, 2.75) is 31.8 Å². The van der Waals surface area contributed by atoms with E-state index in [2.05, 4.69) is 15.5 Å². The van der Waals surface area contributed by atoms with Crippen LogP contribution in [0.5, 0.6) is 0 Å². The fraction of sp³-hybridized carbons (Fsp3) is 0.318. The summed E-state index contributed by atoms with van der Waals surface area (Å²) in [6, 6.07) is 12.1. The third-order valence-corrected chi connectivity index (χ3v) is 5.19. The second-order valence-electron chi connectivity index (χ2n) is 7.31. The van der Waals surface area contributed by atoms with Crippen molar-refractivity contribution in [3.8, 4) is 11.5 Å². The summed E-state index contributed by atoms with van der Waals surface area (Å²) in [5.41, 5.74) is 1.09. The summed E-state index contributed by atoms with van der Waals surface area (Å²) in [5, 5.41) is 11.0. The van der Waals surface area contributed by atoms with Gasteiger partial charge in [0.1, 0.15) is 11.6 Å². The van der Waals surface area contributed by atoms with Gasteiger partial charge in [0.15, 0.2) is 0 Å². The zero-order valence-corrected chi connectivity index (χ0v) is 16.4. The summed E-state index contributed by atoms with van der Waals surface area (Å²) in [7, 11) is 0. The average molecular weight is 412 g/mol. The van der Waals surface area contributed by atoms with Crippen LogP contribution in [0.2, 0.25) is 0 Å². The molecule has 4 rings (SSSR count). The highest BCUT2D eigenvalue weighted by Crippen LogP contribution is 2.32. The number of nitrogens with zero attached hydrogens (tertiary/aromatic N) is 3. The molecule has 1 aliphatic heterocycles. The molecule has 1 N–H and O–H groups in total. The van der Waals surface area contributed by atoms with Gasteiger partial charge in [0.05, 0.1) is 18.2 Å². The van der Waals surface area contributed by atoms with E-state index in [9.17, 15) is 13.6 Å². The fourth-order valence-corrected chi connectivity index (χ4v) is 3.62. The average Bonchev–Trinajstić information content (AvgIpc) is 3.24. The van der Waals surface area contributed by atoms with Gasteiger partial charge in [-0.2, -0.15) is 0 Å². The molecule has 0 aliphatic carbocycles. The van der Waals surface area contributed by atoms with Crippen LogP contribution in [-0.4, -0.2) is 34.1 Å². The minimum Gasteiger partial charge on any atom is -0.419 e. The number of carbonyl (C=O) groups excluding carboxylic acids is 1. The van der Waals surface area contributed by atoms with Gasteiger partial charge in [0.2, 0.25) is 11.8 Å². The Hall–Kier alpha value is -3.13. The first-order chi connectivity index (χ1) is 14.6. The highest BCUT2D eigenvalue weighted by molar-refractivity contribution is 5.78. The Morgan fingerprint density at radius 1 is 1.10 bits per heavy atom. The van der Waals surface area contributed by atoms with Gasteiger partial charge >= 0.3 is 0 Å².